The minimum Gasteiger partial charge on any atom is -0.490 e. The number of benzene rings is 3. The molecule has 28 heavy (non-hydrogen) atoms. The van der Waals surface area contributed by atoms with Crippen molar-refractivity contribution in [1.29, 1.82) is 0 Å². The number of rotatable bonds is 8. The van der Waals surface area contributed by atoms with Crippen LogP contribution < -0.4 is 9.46 Å². The lowest BCUT2D eigenvalue weighted by atomic mass is 10.1. The third-order valence-corrected chi connectivity index (χ3v) is 5.44. The minimum atomic E-state index is -3.81. The molecule has 6 nitrogen and oxygen atoms in total. The molecule has 0 bridgehead atoms. The summed E-state index contributed by atoms with van der Waals surface area (Å²) in [6.07, 6.45) is 0. The lowest BCUT2D eigenvalue weighted by Gasteiger charge is -2.09. The number of carbonyl (C=O) groups excluding carboxylic acids is 1. The van der Waals surface area contributed by atoms with E-state index in [1.54, 1.807) is 12.1 Å². The van der Waals surface area contributed by atoms with E-state index in [4.69, 9.17) is 9.47 Å². The van der Waals surface area contributed by atoms with Gasteiger partial charge in [0.1, 0.15) is 25.5 Å². The second-order valence-electron chi connectivity index (χ2n) is 6.22. The van der Waals surface area contributed by atoms with Gasteiger partial charge in [-0.1, -0.05) is 42.5 Å². The fourth-order valence-corrected chi connectivity index (χ4v) is 3.65. The quantitative estimate of drug-likeness (QED) is 0.465. The van der Waals surface area contributed by atoms with Gasteiger partial charge < -0.3 is 9.47 Å². The second-order valence-corrected chi connectivity index (χ2v) is 7.99. The van der Waals surface area contributed by atoms with Gasteiger partial charge in [0.25, 0.3) is 0 Å². The van der Waals surface area contributed by atoms with Crippen LogP contribution in [0.25, 0.3) is 10.8 Å². The molecule has 0 amide bonds. The normalized spacial score (nSPS) is 11.3. The Morgan fingerprint density at radius 2 is 1.71 bits per heavy atom. The number of esters is 1. The molecule has 0 aliphatic heterocycles. The van der Waals surface area contributed by atoms with Gasteiger partial charge in [-0.05, 0) is 47.5 Å². The maximum Gasteiger partial charge on any atom is 0.321 e. The molecule has 1 N–H and O–H groups in total. The molecule has 0 aliphatic rings. The van der Waals surface area contributed by atoms with Gasteiger partial charge in [-0.3, -0.25) is 4.79 Å². The van der Waals surface area contributed by atoms with Crippen LogP contribution in [-0.4, -0.2) is 34.1 Å². The highest BCUT2D eigenvalue weighted by Gasteiger charge is 2.16. The first kappa shape index (κ1) is 19.9. The molecule has 0 saturated heterocycles. The molecular formula is C21H21NO5S. The van der Waals surface area contributed by atoms with Crippen molar-refractivity contribution in [2.75, 3.05) is 19.8 Å². The number of fused-ring (bicyclic) bond motifs is 1. The third kappa shape index (κ3) is 5.31. The molecule has 0 aromatic heterocycles. The van der Waals surface area contributed by atoms with Crippen molar-refractivity contribution in [3.63, 3.8) is 0 Å². The Hall–Kier alpha value is -2.90. The van der Waals surface area contributed by atoms with Crippen LogP contribution in [0, 0.1) is 6.92 Å². The molecule has 0 saturated carbocycles. The van der Waals surface area contributed by atoms with Crippen molar-refractivity contribution in [3.8, 4) is 5.75 Å². The van der Waals surface area contributed by atoms with Crippen molar-refractivity contribution < 1.29 is 22.7 Å². The Morgan fingerprint density at radius 3 is 2.50 bits per heavy atom. The van der Waals surface area contributed by atoms with E-state index in [2.05, 4.69) is 4.72 Å². The lowest BCUT2D eigenvalue weighted by Crippen LogP contribution is -2.31. The number of sulfonamides is 1. The summed E-state index contributed by atoms with van der Waals surface area (Å²) in [5, 5.41) is 1.75. The summed E-state index contributed by atoms with van der Waals surface area (Å²) in [6.45, 7) is 1.73. The van der Waals surface area contributed by atoms with Crippen LogP contribution in [0.5, 0.6) is 5.75 Å². The number of hydrogen-bond donors (Lipinski definition) is 1. The monoisotopic (exact) mass is 399 g/mol. The Kier molecular flexibility index (Phi) is 6.28. The van der Waals surface area contributed by atoms with Gasteiger partial charge in [-0.25, -0.2) is 8.42 Å². The smallest absolute Gasteiger partial charge is 0.321 e. The van der Waals surface area contributed by atoms with Crippen LogP contribution >= 0.6 is 0 Å². The Bertz CT molecular complexity index is 1080. The minimum absolute atomic E-state index is 0.0322. The Morgan fingerprint density at radius 1 is 0.929 bits per heavy atom. The summed E-state index contributed by atoms with van der Waals surface area (Å²) in [5.74, 6) is 0.0188. The molecule has 7 heteroatoms. The van der Waals surface area contributed by atoms with Gasteiger partial charge in [0.15, 0.2) is 0 Å². The Balaban J connectivity index is 1.47. The zero-order valence-electron chi connectivity index (χ0n) is 15.4. The zero-order chi connectivity index (χ0) is 20.0. The van der Waals surface area contributed by atoms with Crippen molar-refractivity contribution in [2.45, 2.75) is 11.8 Å². The van der Waals surface area contributed by atoms with Crippen molar-refractivity contribution in [3.05, 3.63) is 72.3 Å². The maximum absolute atomic E-state index is 12.4. The molecule has 3 aromatic rings. The molecule has 0 atom stereocenters. The van der Waals surface area contributed by atoms with Crippen molar-refractivity contribution in [1.82, 2.24) is 4.72 Å². The van der Waals surface area contributed by atoms with E-state index in [9.17, 15) is 13.2 Å². The number of aryl methyl sites for hydroxylation is 1. The van der Waals surface area contributed by atoms with Gasteiger partial charge in [0.05, 0.1) is 4.90 Å². The summed E-state index contributed by atoms with van der Waals surface area (Å²) in [4.78, 5) is 11.9. The van der Waals surface area contributed by atoms with Gasteiger partial charge in [0, 0.05) is 0 Å². The van der Waals surface area contributed by atoms with E-state index in [0.29, 0.717) is 5.75 Å². The first-order valence-electron chi connectivity index (χ1n) is 8.78. The molecule has 0 radical (unpaired) electrons. The van der Waals surface area contributed by atoms with E-state index in [0.717, 1.165) is 16.3 Å². The highest BCUT2D eigenvalue weighted by molar-refractivity contribution is 7.89. The number of hydrogen-bond acceptors (Lipinski definition) is 5. The highest BCUT2D eigenvalue weighted by atomic mass is 32.2. The van der Waals surface area contributed by atoms with Crippen LogP contribution in [0.4, 0.5) is 0 Å². The molecule has 0 fully saturated rings. The van der Waals surface area contributed by atoms with Gasteiger partial charge >= 0.3 is 5.97 Å². The molecule has 0 heterocycles. The van der Waals surface area contributed by atoms with E-state index < -0.39 is 22.5 Å². The van der Waals surface area contributed by atoms with Crippen LogP contribution in [0.1, 0.15) is 5.56 Å². The Labute approximate surface area is 164 Å². The topological polar surface area (TPSA) is 81.7 Å². The standard InChI is InChI=1S/C21H21NO5S/c1-16-5-4-8-19(13-16)26-11-12-27-21(23)15-22-28(24,25)20-10-9-17-6-2-3-7-18(17)14-20/h2-10,13-14,22H,11-12,15H2,1H3. The predicted molar refractivity (Wildman–Crippen MR) is 107 cm³/mol. The summed E-state index contributed by atoms with van der Waals surface area (Å²) >= 11 is 0. The van der Waals surface area contributed by atoms with E-state index >= 15 is 0 Å². The summed E-state index contributed by atoms with van der Waals surface area (Å²) in [7, 11) is -3.81. The SMILES string of the molecule is Cc1cccc(OCCOC(=O)CNS(=O)(=O)c2ccc3ccccc3c2)c1. The van der Waals surface area contributed by atoms with Gasteiger partial charge in [-0.15, -0.1) is 0 Å². The van der Waals surface area contributed by atoms with Crippen LogP contribution in [-0.2, 0) is 19.6 Å². The molecule has 0 unspecified atom stereocenters. The number of carbonyl (C=O) groups is 1. The lowest BCUT2D eigenvalue weighted by molar-refractivity contribution is -0.142. The van der Waals surface area contributed by atoms with E-state index in [1.807, 2.05) is 55.5 Å². The zero-order valence-corrected chi connectivity index (χ0v) is 16.2. The highest BCUT2D eigenvalue weighted by Crippen LogP contribution is 2.18. The summed E-state index contributed by atoms with van der Waals surface area (Å²) < 4.78 is 37.5. The van der Waals surface area contributed by atoms with Crippen molar-refractivity contribution in [2.24, 2.45) is 0 Å². The fraction of sp³-hybridized carbons (Fsp3) is 0.190. The van der Waals surface area contributed by atoms with Gasteiger partial charge in [-0.2, -0.15) is 4.72 Å². The summed E-state index contributed by atoms with van der Waals surface area (Å²) in [5.41, 5.74) is 1.07. The second kappa shape index (κ2) is 8.86. The third-order valence-electron chi connectivity index (χ3n) is 4.04. The van der Waals surface area contributed by atoms with Gasteiger partial charge in [0.2, 0.25) is 10.0 Å². The first-order chi connectivity index (χ1) is 13.4. The summed E-state index contributed by atoms with van der Waals surface area (Å²) in [6, 6.07) is 19.8. The molecular weight excluding hydrogens is 378 g/mol. The van der Waals surface area contributed by atoms with Crippen molar-refractivity contribution >= 4 is 26.8 Å². The first-order valence-corrected chi connectivity index (χ1v) is 10.3. The molecule has 146 valence electrons. The van der Waals surface area contributed by atoms with E-state index in [1.165, 1.54) is 6.07 Å². The molecule has 0 spiro atoms. The number of nitrogens with one attached hydrogen (secondary N) is 1. The van der Waals surface area contributed by atoms with Crippen LogP contribution in [0.3, 0.4) is 0 Å². The average molecular weight is 399 g/mol. The van der Waals surface area contributed by atoms with Crippen LogP contribution in [0.15, 0.2) is 71.6 Å². The molecule has 3 rings (SSSR count). The predicted octanol–water partition coefficient (Wildman–Crippen LogP) is 3.05. The fourth-order valence-electron chi connectivity index (χ4n) is 2.64. The molecule has 3 aromatic carbocycles. The molecule has 0 aliphatic carbocycles. The largest absolute Gasteiger partial charge is 0.490 e. The van der Waals surface area contributed by atoms with E-state index in [-0.39, 0.29) is 18.1 Å². The maximum atomic E-state index is 12.4. The van der Waals surface area contributed by atoms with Crippen LogP contribution in [0.2, 0.25) is 0 Å². The average Bonchev–Trinajstić information content (AvgIpc) is 2.69. The number of ether oxygens (including phenoxy) is 2.